The van der Waals surface area contributed by atoms with Gasteiger partial charge in [-0.25, -0.2) is 4.98 Å². The van der Waals surface area contributed by atoms with E-state index in [0.717, 1.165) is 30.5 Å². The molecule has 3 nitrogen and oxygen atoms in total. The minimum absolute atomic E-state index is 0.165. The van der Waals surface area contributed by atoms with Gasteiger partial charge in [0.2, 0.25) is 5.88 Å². The van der Waals surface area contributed by atoms with E-state index in [0.29, 0.717) is 0 Å². The number of hydrogen-bond acceptors (Lipinski definition) is 3. The van der Waals surface area contributed by atoms with Crippen molar-refractivity contribution in [2.45, 2.75) is 53.2 Å². The summed E-state index contributed by atoms with van der Waals surface area (Å²) in [5.74, 6) is 1.48. The van der Waals surface area contributed by atoms with E-state index >= 15 is 0 Å². The Morgan fingerprint density at radius 3 is 2.78 bits per heavy atom. The fourth-order valence-electron chi connectivity index (χ4n) is 1.94. The van der Waals surface area contributed by atoms with Crippen LogP contribution in [0.1, 0.15) is 46.1 Å². The maximum absolute atomic E-state index is 5.70. The van der Waals surface area contributed by atoms with Gasteiger partial charge in [0, 0.05) is 18.3 Å². The zero-order valence-corrected chi connectivity index (χ0v) is 12.1. The van der Waals surface area contributed by atoms with Crippen LogP contribution in [0.3, 0.4) is 0 Å². The summed E-state index contributed by atoms with van der Waals surface area (Å²) in [7, 11) is 0. The molecule has 18 heavy (non-hydrogen) atoms. The largest absolute Gasteiger partial charge is 0.475 e. The molecule has 0 spiro atoms. The molecule has 1 N–H and O–H groups in total. The van der Waals surface area contributed by atoms with E-state index in [4.69, 9.17) is 4.74 Å². The molecule has 1 rings (SSSR count). The van der Waals surface area contributed by atoms with Crippen LogP contribution in [0.5, 0.6) is 5.88 Å². The molecular formula is C15H26N2O. The third kappa shape index (κ3) is 5.50. The Labute approximate surface area is 111 Å². The number of nitrogens with zero attached hydrogens (tertiary/aromatic N) is 1. The van der Waals surface area contributed by atoms with Crippen molar-refractivity contribution in [1.82, 2.24) is 10.3 Å². The Hall–Kier alpha value is -1.09. The Kier molecular flexibility index (Phi) is 6.73. The van der Waals surface area contributed by atoms with E-state index in [1.54, 1.807) is 6.20 Å². The number of rotatable bonds is 8. The Morgan fingerprint density at radius 1 is 1.33 bits per heavy atom. The predicted molar refractivity (Wildman–Crippen MR) is 75.8 cm³/mol. The monoisotopic (exact) mass is 250 g/mol. The van der Waals surface area contributed by atoms with Crippen molar-refractivity contribution < 1.29 is 4.74 Å². The Bertz CT molecular complexity index is 339. The first-order valence-electron chi connectivity index (χ1n) is 6.94. The van der Waals surface area contributed by atoms with E-state index in [2.05, 4.69) is 30.2 Å². The molecule has 0 amide bonds. The molecule has 0 aliphatic heterocycles. The quantitative estimate of drug-likeness (QED) is 0.768. The lowest BCUT2D eigenvalue weighted by Crippen LogP contribution is -2.21. The first-order chi connectivity index (χ1) is 8.63. The van der Waals surface area contributed by atoms with E-state index in [1.807, 2.05) is 19.9 Å². The van der Waals surface area contributed by atoms with Crippen LogP contribution < -0.4 is 10.1 Å². The number of pyridine rings is 1. The number of nitrogens with one attached hydrogen (secondary N) is 1. The lowest BCUT2D eigenvalue weighted by Gasteiger charge is -2.15. The van der Waals surface area contributed by atoms with Crippen molar-refractivity contribution in [2.24, 2.45) is 5.92 Å². The molecule has 1 heterocycles. The molecule has 0 saturated carbocycles. The maximum atomic E-state index is 5.70. The zero-order valence-electron chi connectivity index (χ0n) is 12.1. The van der Waals surface area contributed by atoms with Gasteiger partial charge in [0.15, 0.2) is 0 Å². The summed E-state index contributed by atoms with van der Waals surface area (Å²) < 4.78 is 5.70. The normalized spacial score (nSPS) is 12.7. The van der Waals surface area contributed by atoms with Crippen LogP contribution in [0, 0.1) is 5.92 Å². The second-order valence-corrected chi connectivity index (χ2v) is 5.16. The third-order valence-corrected chi connectivity index (χ3v) is 2.79. The SMILES string of the molecule is CCCC(C)CNCc1cccnc1OC(C)C. The van der Waals surface area contributed by atoms with E-state index in [1.165, 1.54) is 12.8 Å². The van der Waals surface area contributed by atoms with E-state index in [9.17, 15) is 0 Å². The second kappa shape index (κ2) is 8.09. The lowest BCUT2D eigenvalue weighted by atomic mass is 10.1. The molecular weight excluding hydrogens is 224 g/mol. The summed E-state index contributed by atoms with van der Waals surface area (Å²) >= 11 is 0. The van der Waals surface area contributed by atoms with Gasteiger partial charge in [-0.05, 0) is 38.8 Å². The molecule has 0 aliphatic carbocycles. The molecule has 0 saturated heterocycles. The van der Waals surface area contributed by atoms with Crippen molar-refractivity contribution in [1.29, 1.82) is 0 Å². The van der Waals surface area contributed by atoms with Crippen molar-refractivity contribution in [2.75, 3.05) is 6.54 Å². The van der Waals surface area contributed by atoms with Crippen molar-refractivity contribution in [3.05, 3.63) is 23.9 Å². The Morgan fingerprint density at radius 2 is 2.11 bits per heavy atom. The minimum atomic E-state index is 0.165. The molecule has 0 fully saturated rings. The second-order valence-electron chi connectivity index (χ2n) is 5.16. The van der Waals surface area contributed by atoms with Crippen LogP contribution in [0.25, 0.3) is 0 Å². The first-order valence-corrected chi connectivity index (χ1v) is 6.94. The molecule has 0 radical (unpaired) electrons. The van der Waals surface area contributed by atoms with Crippen molar-refractivity contribution in [3.63, 3.8) is 0 Å². The summed E-state index contributed by atoms with van der Waals surface area (Å²) in [5.41, 5.74) is 1.13. The van der Waals surface area contributed by atoms with Crippen LogP contribution >= 0.6 is 0 Å². The molecule has 0 aromatic carbocycles. The highest BCUT2D eigenvalue weighted by Gasteiger charge is 2.07. The van der Waals surface area contributed by atoms with Crippen LogP contribution in [-0.2, 0) is 6.54 Å². The smallest absolute Gasteiger partial charge is 0.218 e. The molecule has 1 unspecified atom stereocenters. The predicted octanol–water partition coefficient (Wildman–Crippen LogP) is 3.39. The highest BCUT2D eigenvalue weighted by molar-refractivity contribution is 5.25. The van der Waals surface area contributed by atoms with E-state index < -0.39 is 0 Å². The van der Waals surface area contributed by atoms with E-state index in [-0.39, 0.29) is 6.10 Å². The molecule has 3 heteroatoms. The van der Waals surface area contributed by atoms with Crippen molar-refractivity contribution >= 4 is 0 Å². The standard InChI is InChI=1S/C15H26N2O/c1-5-7-13(4)10-16-11-14-8-6-9-17-15(14)18-12(2)3/h6,8-9,12-13,16H,5,7,10-11H2,1-4H3. The van der Waals surface area contributed by atoms with Gasteiger partial charge in [-0.1, -0.05) is 26.3 Å². The number of hydrogen-bond donors (Lipinski definition) is 1. The van der Waals surface area contributed by atoms with Crippen LogP contribution in [0.15, 0.2) is 18.3 Å². The van der Waals surface area contributed by atoms with Gasteiger partial charge in [-0.15, -0.1) is 0 Å². The Balaban J connectivity index is 2.46. The topological polar surface area (TPSA) is 34.2 Å². The van der Waals surface area contributed by atoms with Crippen LogP contribution in [0.2, 0.25) is 0 Å². The molecule has 1 aromatic heterocycles. The minimum Gasteiger partial charge on any atom is -0.475 e. The number of ether oxygens (including phenoxy) is 1. The molecule has 0 bridgehead atoms. The van der Waals surface area contributed by atoms with Gasteiger partial charge in [0.05, 0.1) is 6.10 Å². The summed E-state index contributed by atoms with van der Waals surface area (Å²) in [4.78, 5) is 4.29. The number of aromatic nitrogens is 1. The molecule has 1 aromatic rings. The van der Waals surface area contributed by atoms with Gasteiger partial charge >= 0.3 is 0 Å². The summed E-state index contributed by atoms with van der Waals surface area (Å²) in [6.45, 7) is 10.4. The van der Waals surface area contributed by atoms with Gasteiger partial charge in [-0.3, -0.25) is 0 Å². The van der Waals surface area contributed by atoms with Gasteiger partial charge < -0.3 is 10.1 Å². The lowest BCUT2D eigenvalue weighted by molar-refractivity contribution is 0.229. The van der Waals surface area contributed by atoms with Gasteiger partial charge in [0.1, 0.15) is 0 Å². The van der Waals surface area contributed by atoms with Crippen LogP contribution in [-0.4, -0.2) is 17.6 Å². The van der Waals surface area contributed by atoms with Gasteiger partial charge in [-0.2, -0.15) is 0 Å². The van der Waals surface area contributed by atoms with Crippen LogP contribution in [0.4, 0.5) is 0 Å². The maximum Gasteiger partial charge on any atom is 0.218 e. The summed E-state index contributed by atoms with van der Waals surface area (Å²) in [5, 5.41) is 3.48. The average Bonchev–Trinajstić information content (AvgIpc) is 2.31. The highest BCUT2D eigenvalue weighted by Crippen LogP contribution is 2.15. The molecule has 1 atom stereocenters. The fraction of sp³-hybridized carbons (Fsp3) is 0.667. The third-order valence-electron chi connectivity index (χ3n) is 2.79. The first kappa shape index (κ1) is 15.0. The van der Waals surface area contributed by atoms with Crippen molar-refractivity contribution in [3.8, 4) is 5.88 Å². The summed E-state index contributed by atoms with van der Waals surface area (Å²) in [6.07, 6.45) is 4.46. The van der Waals surface area contributed by atoms with Gasteiger partial charge in [0.25, 0.3) is 0 Å². The average molecular weight is 250 g/mol. The summed E-state index contributed by atoms with van der Waals surface area (Å²) in [6, 6.07) is 4.03. The molecule has 0 aliphatic rings. The fourth-order valence-corrected chi connectivity index (χ4v) is 1.94. The zero-order chi connectivity index (χ0) is 13.4. The molecule has 102 valence electrons. The highest BCUT2D eigenvalue weighted by atomic mass is 16.5.